The number of carbonyl (C=O) groups excluding carboxylic acids is 1. The van der Waals surface area contributed by atoms with Crippen LogP contribution in [0, 0.1) is 18.6 Å². The molecule has 1 atom stereocenters. The monoisotopic (exact) mass is 645 g/mol. The molecule has 0 aliphatic heterocycles. The van der Waals surface area contributed by atoms with Crippen LogP contribution in [0.5, 0.6) is 5.75 Å². The van der Waals surface area contributed by atoms with E-state index in [1.807, 2.05) is 0 Å². The first-order chi connectivity index (χ1) is 21.4. The molecule has 1 heterocycles. The largest absolute Gasteiger partial charge is 0.505 e. The Labute approximate surface area is 260 Å². The van der Waals surface area contributed by atoms with Gasteiger partial charge in [0.15, 0.2) is 11.6 Å². The summed E-state index contributed by atoms with van der Waals surface area (Å²) in [6, 6.07) is 13.0. The number of hydrogen-bond acceptors (Lipinski definition) is 5. The Morgan fingerprint density at radius 1 is 0.935 bits per heavy atom. The molecule has 0 spiro atoms. The maximum absolute atomic E-state index is 15.3. The minimum Gasteiger partial charge on any atom is -0.505 e. The average molecular weight is 646 g/mol. The van der Waals surface area contributed by atoms with Gasteiger partial charge >= 0.3 is 18.0 Å². The molecule has 3 aromatic carbocycles. The van der Waals surface area contributed by atoms with E-state index in [1.165, 1.54) is 20.0 Å². The van der Waals surface area contributed by atoms with Crippen LogP contribution in [0.4, 0.5) is 26.7 Å². The molecule has 0 unspecified atom stereocenters. The van der Waals surface area contributed by atoms with Crippen molar-refractivity contribution in [3.05, 3.63) is 122 Å². The van der Waals surface area contributed by atoms with E-state index >= 15 is 4.39 Å². The number of hydrogen-bond donors (Lipinski definition) is 1. The Morgan fingerprint density at radius 2 is 1.57 bits per heavy atom. The van der Waals surface area contributed by atoms with E-state index in [4.69, 9.17) is 4.74 Å². The summed E-state index contributed by atoms with van der Waals surface area (Å²) in [7, 11) is 1.38. The average Bonchev–Trinajstić information content (AvgIpc) is 2.97. The standard InChI is InChI=1S/C33H32F5N3O5/c1-19-27(21-13-9-16-26(42)28(21)35)29(43)41(30(44)40(19)17-22-23(33(36,37)38)14-10-15-24(22)34)18-25(20-11-7-6-8-12-20)39(5)31(45)46-32(2,3)4/h6-16,25,42H,17-18H2,1-5H3/t25-/m0/s1. The highest BCUT2D eigenvalue weighted by Crippen LogP contribution is 2.34. The van der Waals surface area contributed by atoms with Crippen molar-refractivity contribution in [1.29, 1.82) is 0 Å². The van der Waals surface area contributed by atoms with Crippen LogP contribution in [0.2, 0.25) is 0 Å². The van der Waals surface area contributed by atoms with E-state index in [9.17, 15) is 37.1 Å². The second-order valence-corrected chi connectivity index (χ2v) is 11.7. The Bertz CT molecular complexity index is 1880. The van der Waals surface area contributed by atoms with Gasteiger partial charge in [0.1, 0.15) is 11.4 Å². The summed E-state index contributed by atoms with van der Waals surface area (Å²) in [5.74, 6) is -3.29. The highest BCUT2D eigenvalue weighted by molar-refractivity contribution is 5.69. The molecular weight excluding hydrogens is 613 g/mol. The molecule has 1 aromatic heterocycles. The topological polar surface area (TPSA) is 93.8 Å². The zero-order valence-electron chi connectivity index (χ0n) is 25.7. The lowest BCUT2D eigenvalue weighted by Gasteiger charge is -2.31. The summed E-state index contributed by atoms with van der Waals surface area (Å²) in [5, 5.41) is 10.1. The fraction of sp³-hybridized carbons (Fsp3) is 0.303. The maximum atomic E-state index is 15.3. The van der Waals surface area contributed by atoms with Crippen molar-refractivity contribution in [2.45, 2.75) is 58.6 Å². The lowest BCUT2D eigenvalue weighted by atomic mass is 10.0. The lowest BCUT2D eigenvalue weighted by molar-refractivity contribution is -0.138. The summed E-state index contributed by atoms with van der Waals surface area (Å²) < 4.78 is 78.9. The first kappa shape index (κ1) is 33.9. The molecule has 13 heteroatoms. The molecule has 1 amide bonds. The quantitative estimate of drug-likeness (QED) is 0.228. The summed E-state index contributed by atoms with van der Waals surface area (Å²) >= 11 is 0. The fourth-order valence-electron chi connectivity index (χ4n) is 5.07. The van der Waals surface area contributed by atoms with Gasteiger partial charge in [-0.15, -0.1) is 0 Å². The molecule has 0 bridgehead atoms. The van der Waals surface area contributed by atoms with Gasteiger partial charge in [-0.2, -0.15) is 13.2 Å². The molecule has 8 nitrogen and oxygen atoms in total. The van der Waals surface area contributed by atoms with Crippen LogP contribution in [0.3, 0.4) is 0 Å². The van der Waals surface area contributed by atoms with Gasteiger partial charge in [-0.3, -0.25) is 13.9 Å². The van der Waals surface area contributed by atoms with E-state index in [1.54, 1.807) is 51.1 Å². The van der Waals surface area contributed by atoms with Crippen LogP contribution in [-0.4, -0.2) is 37.9 Å². The summed E-state index contributed by atoms with van der Waals surface area (Å²) in [6.45, 7) is 4.63. The zero-order chi connectivity index (χ0) is 34.1. The van der Waals surface area contributed by atoms with Crippen LogP contribution >= 0.6 is 0 Å². The van der Waals surface area contributed by atoms with Gasteiger partial charge in [0, 0.05) is 23.9 Å². The van der Waals surface area contributed by atoms with Crippen molar-refractivity contribution in [1.82, 2.24) is 14.0 Å². The summed E-state index contributed by atoms with van der Waals surface area (Å²) in [5.41, 5.74) is -6.01. The van der Waals surface area contributed by atoms with Crippen LogP contribution in [0.25, 0.3) is 11.1 Å². The van der Waals surface area contributed by atoms with Gasteiger partial charge in [0.25, 0.3) is 5.56 Å². The number of alkyl halides is 3. The number of rotatable bonds is 7. The van der Waals surface area contributed by atoms with Crippen LogP contribution in [0.15, 0.2) is 76.3 Å². The Kier molecular flexibility index (Phi) is 9.46. The van der Waals surface area contributed by atoms with E-state index in [0.29, 0.717) is 16.2 Å². The number of aromatic hydroxyl groups is 1. The smallest absolute Gasteiger partial charge is 0.416 e. The zero-order valence-corrected chi connectivity index (χ0v) is 25.7. The summed E-state index contributed by atoms with van der Waals surface area (Å²) in [6.07, 6.45) is -5.79. The second kappa shape index (κ2) is 12.8. The minimum absolute atomic E-state index is 0.274. The molecule has 0 saturated carbocycles. The number of ether oxygens (including phenoxy) is 1. The molecule has 0 radical (unpaired) electrons. The highest BCUT2D eigenvalue weighted by Gasteiger charge is 2.35. The number of phenols is 1. The van der Waals surface area contributed by atoms with Gasteiger partial charge < -0.3 is 14.7 Å². The lowest BCUT2D eigenvalue weighted by Crippen LogP contribution is -2.46. The Hall–Kier alpha value is -4.94. The minimum atomic E-state index is -4.99. The van der Waals surface area contributed by atoms with Gasteiger partial charge in [-0.1, -0.05) is 48.5 Å². The Balaban J connectivity index is 2.02. The van der Waals surface area contributed by atoms with E-state index < -0.39 is 87.9 Å². The number of nitrogens with zero attached hydrogens (tertiary/aromatic N) is 3. The molecular formula is C33H32F5N3O5. The van der Waals surface area contributed by atoms with Crippen molar-refractivity contribution >= 4 is 6.09 Å². The van der Waals surface area contributed by atoms with Crippen LogP contribution < -0.4 is 11.2 Å². The Morgan fingerprint density at radius 3 is 2.17 bits per heavy atom. The van der Waals surface area contributed by atoms with Crippen molar-refractivity contribution in [2.24, 2.45) is 0 Å². The predicted molar refractivity (Wildman–Crippen MR) is 160 cm³/mol. The number of likely N-dealkylation sites (N-methyl/N-ethyl adjacent to an activating group) is 1. The SMILES string of the molecule is Cc1c(-c2cccc(O)c2F)c(=O)n(C[C@@H](c2ccccc2)N(C)C(=O)OC(C)(C)C)c(=O)n1Cc1c(F)cccc1C(F)(F)F. The third-order valence-corrected chi connectivity index (χ3v) is 7.36. The number of phenolic OH excluding ortho intramolecular Hbond substituents is 1. The van der Waals surface area contributed by atoms with Crippen molar-refractivity contribution in [2.75, 3.05) is 7.05 Å². The second-order valence-electron chi connectivity index (χ2n) is 11.7. The molecule has 4 rings (SSSR count). The van der Waals surface area contributed by atoms with Gasteiger partial charge in [0.2, 0.25) is 0 Å². The normalized spacial score (nSPS) is 12.6. The van der Waals surface area contributed by atoms with Crippen molar-refractivity contribution < 1.29 is 36.6 Å². The number of amides is 1. The third-order valence-electron chi connectivity index (χ3n) is 7.36. The summed E-state index contributed by atoms with van der Waals surface area (Å²) in [4.78, 5) is 42.4. The van der Waals surface area contributed by atoms with Crippen LogP contribution in [-0.2, 0) is 24.0 Å². The first-order valence-electron chi connectivity index (χ1n) is 14.1. The van der Waals surface area contributed by atoms with Crippen molar-refractivity contribution in [3.8, 4) is 16.9 Å². The van der Waals surface area contributed by atoms with Crippen molar-refractivity contribution in [3.63, 3.8) is 0 Å². The maximum Gasteiger partial charge on any atom is 0.416 e. The number of carbonyl (C=O) groups is 1. The van der Waals surface area contributed by atoms with E-state index in [0.717, 1.165) is 33.7 Å². The molecule has 0 aliphatic rings. The predicted octanol–water partition coefficient (Wildman–Crippen LogP) is 6.64. The number of benzene rings is 3. The number of aromatic nitrogens is 2. The highest BCUT2D eigenvalue weighted by atomic mass is 19.4. The van der Waals surface area contributed by atoms with Gasteiger partial charge in [-0.05, 0) is 51.5 Å². The van der Waals surface area contributed by atoms with Gasteiger partial charge in [-0.25, -0.2) is 18.4 Å². The van der Waals surface area contributed by atoms with E-state index in [-0.39, 0.29) is 5.69 Å². The molecule has 0 saturated heterocycles. The van der Waals surface area contributed by atoms with Gasteiger partial charge in [0.05, 0.1) is 30.3 Å². The molecule has 0 aliphatic carbocycles. The van der Waals surface area contributed by atoms with Crippen LogP contribution in [0.1, 0.15) is 49.2 Å². The first-order valence-corrected chi connectivity index (χ1v) is 14.1. The molecule has 244 valence electrons. The number of halogens is 5. The molecule has 1 N–H and O–H groups in total. The third kappa shape index (κ3) is 6.98. The van der Waals surface area contributed by atoms with E-state index in [2.05, 4.69) is 0 Å². The fourth-order valence-corrected chi connectivity index (χ4v) is 5.07. The molecule has 4 aromatic rings. The molecule has 46 heavy (non-hydrogen) atoms. The molecule has 0 fully saturated rings.